The summed E-state index contributed by atoms with van der Waals surface area (Å²) in [6.45, 7) is 8.53. The van der Waals surface area contributed by atoms with Crippen LogP contribution in [0.25, 0.3) is 11.3 Å². The highest BCUT2D eigenvalue weighted by atomic mass is 35.5. The van der Waals surface area contributed by atoms with Crippen molar-refractivity contribution in [3.63, 3.8) is 0 Å². The van der Waals surface area contributed by atoms with Gasteiger partial charge >= 0.3 is 6.18 Å². The number of alkyl halides is 3. The molecule has 0 aliphatic rings. The molecule has 0 unspecified atom stereocenters. The Morgan fingerprint density at radius 1 is 1.20 bits per heavy atom. The van der Waals surface area contributed by atoms with Crippen LogP contribution in [0.15, 0.2) is 55.1 Å². The van der Waals surface area contributed by atoms with Crippen LogP contribution in [0.4, 0.5) is 13.2 Å². The van der Waals surface area contributed by atoms with Crippen molar-refractivity contribution in [1.82, 2.24) is 5.32 Å². The van der Waals surface area contributed by atoms with E-state index in [2.05, 4.69) is 11.9 Å². The van der Waals surface area contributed by atoms with Gasteiger partial charge < -0.3 is 10.1 Å². The van der Waals surface area contributed by atoms with E-state index in [0.717, 1.165) is 17.7 Å². The number of ether oxygens (including phenoxy) is 1. The Bertz CT molecular complexity index is 934. The van der Waals surface area contributed by atoms with Crippen LogP contribution in [0.3, 0.4) is 0 Å². The summed E-state index contributed by atoms with van der Waals surface area (Å²) >= 11 is 6.22. The van der Waals surface area contributed by atoms with Crippen LogP contribution >= 0.6 is 11.6 Å². The molecule has 0 atom stereocenters. The Labute approximate surface area is 179 Å². The van der Waals surface area contributed by atoms with E-state index < -0.39 is 11.7 Å². The zero-order chi connectivity index (χ0) is 22.3. The molecule has 2 aromatic rings. The number of benzene rings is 2. The number of hydrogen-bond donors (Lipinski definition) is 1. The fourth-order valence-electron chi connectivity index (χ4n) is 2.69. The third-order valence-corrected chi connectivity index (χ3v) is 4.71. The van der Waals surface area contributed by atoms with Gasteiger partial charge in [0.1, 0.15) is 0 Å². The van der Waals surface area contributed by atoms with Crippen LogP contribution in [0.1, 0.15) is 42.5 Å². The molecular weight excluding hydrogens is 415 g/mol. The summed E-state index contributed by atoms with van der Waals surface area (Å²) in [5, 5.41) is 3.16. The van der Waals surface area contributed by atoms with Gasteiger partial charge in [-0.1, -0.05) is 42.5 Å². The molecule has 0 saturated heterocycles. The maximum Gasteiger partial charge on any atom is 0.416 e. The number of amides is 1. The third-order valence-electron chi connectivity index (χ3n) is 4.38. The summed E-state index contributed by atoms with van der Waals surface area (Å²) in [6, 6.07) is 10.2. The van der Waals surface area contributed by atoms with Crippen molar-refractivity contribution in [2.24, 2.45) is 0 Å². The molecule has 7 heteroatoms. The lowest BCUT2D eigenvalue weighted by molar-refractivity contribution is -0.137. The van der Waals surface area contributed by atoms with Gasteiger partial charge in [-0.2, -0.15) is 13.2 Å². The second kappa shape index (κ2) is 10.5. The molecule has 0 aliphatic heterocycles. The molecule has 0 saturated carbocycles. The van der Waals surface area contributed by atoms with E-state index in [1.165, 1.54) is 12.1 Å². The molecule has 0 heterocycles. The fourth-order valence-corrected chi connectivity index (χ4v) is 2.92. The molecule has 0 spiro atoms. The Hall–Kier alpha value is -2.57. The van der Waals surface area contributed by atoms with E-state index in [0.29, 0.717) is 40.6 Å². The predicted octanol–water partition coefficient (Wildman–Crippen LogP) is 6.48. The van der Waals surface area contributed by atoms with Crippen LogP contribution in [0, 0.1) is 0 Å². The maximum absolute atomic E-state index is 12.7. The quantitative estimate of drug-likeness (QED) is 0.513. The van der Waals surface area contributed by atoms with E-state index in [-0.39, 0.29) is 12.3 Å². The number of carbonyl (C=O) groups is 1. The minimum atomic E-state index is -4.38. The molecule has 1 amide bonds. The van der Waals surface area contributed by atoms with Crippen molar-refractivity contribution in [3.8, 4) is 0 Å². The summed E-state index contributed by atoms with van der Waals surface area (Å²) in [7, 11) is 0. The van der Waals surface area contributed by atoms with Crippen molar-refractivity contribution in [3.05, 3.63) is 82.4 Å². The predicted molar refractivity (Wildman–Crippen MR) is 114 cm³/mol. The molecule has 160 valence electrons. The molecule has 0 aromatic heterocycles. The Balaban J connectivity index is 2.00. The lowest BCUT2D eigenvalue weighted by atomic mass is 10.0. The number of halogens is 4. The molecule has 30 heavy (non-hydrogen) atoms. The van der Waals surface area contributed by atoms with Crippen molar-refractivity contribution in [1.29, 1.82) is 0 Å². The highest BCUT2D eigenvalue weighted by Crippen LogP contribution is 2.30. The van der Waals surface area contributed by atoms with Gasteiger partial charge in [0, 0.05) is 29.3 Å². The molecular formula is C23H23ClF3NO2. The monoisotopic (exact) mass is 437 g/mol. The standard InChI is InChI=1S/C23H23ClF3NO2/c1-4-30-14-17-6-11-21(24)20(13-17)16(3)28-22(29)12-5-15(2)18-7-9-19(10-8-18)23(25,26)27/h5-11,13H,3-4,12,14H2,1-2H3,(H,28,29)/b15-5+. The second-order valence-corrected chi connectivity index (χ2v) is 7.05. The normalized spacial score (nSPS) is 12.0. The zero-order valence-electron chi connectivity index (χ0n) is 16.8. The van der Waals surface area contributed by atoms with Crippen molar-refractivity contribution in [2.45, 2.75) is 33.1 Å². The number of allylic oxidation sites excluding steroid dienone is 1. The average molecular weight is 438 g/mol. The van der Waals surface area contributed by atoms with Crippen LogP contribution in [-0.2, 0) is 22.3 Å². The molecule has 3 nitrogen and oxygen atoms in total. The van der Waals surface area contributed by atoms with Gasteiger partial charge in [0.2, 0.25) is 5.91 Å². The molecule has 0 aliphatic carbocycles. The first-order valence-electron chi connectivity index (χ1n) is 9.31. The molecule has 2 aromatic carbocycles. The van der Waals surface area contributed by atoms with E-state index in [9.17, 15) is 18.0 Å². The van der Waals surface area contributed by atoms with Crippen LogP contribution < -0.4 is 5.32 Å². The number of nitrogens with one attached hydrogen (secondary N) is 1. The summed E-state index contributed by atoms with van der Waals surface area (Å²) in [4.78, 5) is 12.3. The fraction of sp³-hybridized carbons (Fsp3) is 0.261. The topological polar surface area (TPSA) is 38.3 Å². The van der Waals surface area contributed by atoms with Gasteiger partial charge in [-0.15, -0.1) is 0 Å². The summed E-state index contributed by atoms with van der Waals surface area (Å²) < 4.78 is 43.4. The van der Waals surface area contributed by atoms with Crippen molar-refractivity contribution in [2.75, 3.05) is 6.61 Å². The van der Waals surface area contributed by atoms with Gasteiger partial charge in [-0.05, 0) is 54.8 Å². The van der Waals surface area contributed by atoms with Crippen LogP contribution in [0.2, 0.25) is 5.02 Å². The largest absolute Gasteiger partial charge is 0.416 e. The van der Waals surface area contributed by atoms with Gasteiger partial charge in [-0.25, -0.2) is 0 Å². The Morgan fingerprint density at radius 3 is 2.47 bits per heavy atom. The first-order chi connectivity index (χ1) is 14.1. The minimum absolute atomic E-state index is 0.0438. The number of carbonyl (C=O) groups excluding carboxylic acids is 1. The van der Waals surface area contributed by atoms with Gasteiger partial charge in [0.15, 0.2) is 0 Å². The van der Waals surface area contributed by atoms with E-state index in [4.69, 9.17) is 16.3 Å². The minimum Gasteiger partial charge on any atom is -0.377 e. The molecule has 0 fully saturated rings. The van der Waals surface area contributed by atoms with E-state index >= 15 is 0 Å². The van der Waals surface area contributed by atoms with Crippen molar-refractivity contribution >= 4 is 28.8 Å². The highest BCUT2D eigenvalue weighted by molar-refractivity contribution is 6.32. The van der Waals surface area contributed by atoms with E-state index in [1.807, 2.05) is 19.1 Å². The lowest BCUT2D eigenvalue weighted by Crippen LogP contribution is -2.20. The molecule has 0 bridgehead atoms. The maximum atomic E-state index is 12.7. The molecule has 1 N–H and O–H groups in total. The Kier molecular flexibility index (Phi) is 8.26. The van der Waals surface area contributed by atoms with Crippen LogP contribution in [-0.4, -0.2) is 12.5 Å². The number of hydrogen-bond acceptors (Lipinski definition) is 2. The summed E-state index contributed by atoms with van der Waals surface area (Å²) in [5.41, 5.74) is 2.47. The van der Waals surface area contributed by atoms with Gasteiger partial charge in [0.25, 0.3) is 0 Å². The highest BCUT2D eigenvalue weighted by Gasteiger charge is 2.29. The molecule has 2 rings (SSSR count). The smallest absolute Gasteiger partial charge is 0.377 e. The number of rotatable bonds is 8. The lowest BCUT2D eigenvalue weighted by Gasteiger charge is -2.12. The van der Waals surface area contributed by atoms with Gasteiger partial charge in [0.05, 0.1) is 12.2 Å². The third kappa shape index (κ3) is 6.75. The van der Waals surface area contributed by atoms with E-state index in [1.54, 1.807) is 19.1 Å². The first-order valence-corrected chi connectivity index (χ1v) is 9.69. The summed E-state index contributed by atoms with van der Waals surface area (Å²) in [6.07, 6.45) is -2.68. The molecule has 0 radical (unpaired) electrons. The summed E-state index contributed by atoms with van der Waals surface area (Å²) in [5.74, 6) is -0.308. The van der Waals surface area contributed by atoms with Crippen molar-refractivity contribution < 1.29 is 22.7 Å². The Morgan fingerprint density at radius 2 is 1.87 bits per heavy atom. The SMILES string of the molecule is C=C(NC(=O)C/C=C(\C)c1ccc(C(F)(F)F)cc1)c1cc(COCC)ccc1Cl. The van der Waals surface area contributed by atoms with Crippen LogP contribution in [0.5, 0.6) is 0 Å². The average Bonchev–Trinajstić information content (AvgIpc) is 2.70. The zero-order valence-corrected chi connectivity index (χ0v) is 17.5. The van der Waals surface area contributed by atoms with Gasteiger partial charge in [-0.3, -0.25) is 4.79 Å². The second-order valence-electron chi connectivity index (χ2n) is 6.64. The first kappa shape index (κ1) is 23.7.